The molecule has 0 saturated carbocycles. The highest BCUT2D eigenvalue weighted by Crippen LogP contribution is 2.23. The van der Waals surface area contributed by atoms with Gasteiger partial charge in [-0.1, -0.05) is 45.0 Å². The lowest BCUT2D eigenvalue weighted by Gasteiger charge is -2.19. The van der Waals surface area contributed by atoms with Gasteiger partial charge in [0, 0.05) is 18.3 Å². The molecule has 0 fully saturated rings. The largest absolute Gasteiger partial charge is 0.331 e. The van der Waals surface area contributed by atoms with E-state index >= 15 is 0 Å². The number of amides is 3. The molecule has 0 aliphatic heterocycles. The Kier molecular flexibility index (Phi) is 6.03. The third-order valence-corrected chi connectivity index (χ3v) is 4.06. The average molecular weight is 353 g/mol. The summed E-state index contributed by atoms with van der Waals surface area (Å²) < 4.78 is 0. The fourth-order valence-electron chi connectivity index (χ4n) is 2.59. The van der Waals surface area contributed by atoms with Crippen LogP contribution in [-0.4, -0.2) is 11.9 Å². The lowest BCUT2D eigenvalue weighted by molar-refractivity contribution is -0.114. The lowest BCUT2D eigenvalue weighted by Crippen LogP contribution is -2.31. The zero-order chi connectivity index (χ0) is 19.3. The molecule has 0 aromatic heterocycles. The highest BCUT2D eigenvalue weighted by molar-refractivity contribution is 5.90. The van der Waals surface area contributed by atoms with E-state index in [4.69, 9.17) is 0 Å². The third-order valence-electron chi connectivity index (χ3n) is 4.06. The molecule has 2 rings (SSSR count). The van der Waals surface area contributed by atoms with E-state index in [1.54, 1.807) is 0 Å². The van der Waals surface area contributed by atoms with Crippen LogP contribution in [0.15, 0.2) is 48.5 Å². The van der Waals surface area contributed by atoms with E-state index in [-0.39, 0.29) is 23.4 Å². The van der Waals surface area contributed by atoms with Gasteiger partial charge in [0.15, 0.2) is 0 Å². The summed E-state index contributed by atoms with van der Waals surface area (Å²) in [6.45, 7) is 9.82. The number of hydrogen-bond donors (Lipinski definition) is 3. The highest BCUT2D eigenvalue weighted by Gasteiger charge is 2.14. The van der Waals surface area contributed by atoms with Crippen molar-refractivity contribution in [1.29, 1.82) is 0 Å². The van der Waals surface area contributed by atoms with Crippen molar-refractivity contribution in [3.63, 3.8) is 0 Å². The van der Waals surface area contributed by atoms with Gasteiger partial charge in [0.05, 0.1) is 6.04 Å². The second-order valence-electron chi connectivity index (χ2n) is 7.45. The van der Waals surface area contributed by atoms with Crippen LogP contribution >= 0.6 is 0 Å². The molecule has 3 N–H and O–H groups in total. The number of anilines is 2. The summed E-state index contributed by atoms with van der Waals surface area (Å²) >= 11 is 0. The molecule has 0 bridgehead atoms. The maximum atomic E-state index is 12.2. The number of urea groups is 1. The van der Waals surface area contributed by atoms with E-state index in [1.165, 1.54) is 12.5 Å². The average Bonchev–Trinajstić information content (AvgIpc) is 2.54. The van der Waals surface area contributed by atoms with Gasteiger partial charge in [-0.15, -0.1) is 0 Å². The SMILES string of the molecule is CC(=O)Nc1cccc(C(C)NC(=O)Nc2ccc(C(C)(C)C)cc2)c1. The molecule has 2 aromatic carbocycles. The Balaban J connectivity index is 1.98. The van der Waals surface area contributed by atoms with E-state index in [2.05, 4.69) is 36.7 Å². The maximum Gasteiger partial charge on any atom is 0.319 e. The van der Waals surface area contributed by atoms with E-state index < -0.39 is 0 Å². The Hall–Kier alpha value is -2.82. The molecular weight excluding hydrogens is 326 g/mol. The van der Waals surface area contributed by atoms with Crippen LogP contribution in [0.1, 0.15) is 51.8 Å². The molecule has 2 aromatic rings. The predicted octanol–water partition coefficient (Wildman–Crippen LogP) is 4.83. The molecule has 0 saturated heterocycles. The quantitative estimate of drug-likeness (QED) is 0.737. The van der Waals surface area contributed by atoms with Gasteiger partial charge in [0.1, 0.15) is 0 Å². The van der Waals surface area contributed by atoms with Gasteiger partial charge in [-0.3, -0.25) is 4.79 Å². The van der Waals surface area contributed by atoms with Crippen LogP contribution in [0.3, 0.4) is 0 Å². The zero-order valence-corrected chi connectivity index (χ0v) is 16.0. The summed E-state index contributed by atoms with van der Waals surface area (Å²) in [6, 6.07) is 14.8. The van der Waals surface area contributed by atoms with Crippen molar-refractivity contribution >= 4 is 23.3 Å². The van der Waals surface area contributed by atoms with Crippen molar-refractivity contribution in [3.05, 3.63) is 59.7 Å². The molecule has 138 valence electrons. The topological polar surface area (TPSA) is 70.2 Å². The first-order valence-corrected chi connectivity index (χ1v) is 8.71. The summed E-state index contributed by atoms with van der Waals surface area (Å²) in [5.41, 5.74) is 3.66. The second-order valence-corrected chi connectivity index (χ2v) is 7.45. The maximum absolute atomic E-state index is 12.2. The minimum atomic E-state index is -0.272. The molecule has 1 unspecified atom stereocenters. The predicted molar refractivity (Wildman–Crippen MR) is 106 cm³/mol. The Morgan fingerprint density at radius 1 is 0.923 bits per heavy atom. The number of carbonyl (C=O) groups is 2. The molecule has 0 aliphatic carbocycles. The van der Waals surface area contributed by atoms with Gasteiger partial charge >= 0.3 is 6.03 Å². The minimum Gasteiger partial charge on any atom is -0.331 e. The number of rotatable bonds is 4. The van der Waals surface area contributed by atoms with Crippen LogP contribution < -0.4 is 16.0 Å². The fourth-order valence-corrected chi connectivity index (χ4v) is 2.59. The van der Waals surface area contributed by atoms with Crippen molar-refractivity contribution in [2.45, 2.75) is 46.1 Å². The van der Waals surface area contributed by atoms with E-state index in [0.717, 1.165) is 11.3 Å². The molecule has 26 heavy (non-hydrogen) atoms. The standard InChI is InChI=1S/C21H27N3O2/c1-14(16-7-6-8-19(13-16)23-15(2)25)22-20(26)24-18-11-9-17(10-12-18)21(3,4)5/h6-14H,1-5H3,(H,23,25)(H2,22,24,26). The van der Waals surface area contributed by atoms with E-state index in [9.17, 15) is 9.59 Å². The number of nitrogens with one attached hydrogen (secondary N) is 3. The summed E-state index contributed by atoms with van der Waals surface area (Å²) in [7, 11) is 0. The van der Waals surface area contributed by atoms with E-state index in [1.807, 2.05) is 55.5 Å². The summed E-state index contributed by atoms with van der Waals surface area (Å²) in [5, 5.41) is 8.50. The molecule has 0 heterocycles. The molecule has 5 heteroatoms. The number of carbonyl (C=O) groups excluding carboxylic acids is 2. The molecular formula is C21H27N3O2. The van der Waals surface area contributed by atoms with Crippen LogP contribution in [0.5, 0.6) is 0 Å². The van der Waals surface area contributed by atoms with Crippen molar-refractivity contribution in [2.24, 2.45) is 0 Å². The molecule has 0 radical (unpaired) electrons. The fraction of sp³-hybridized carbons (Fsp3) is 0.333. The van der Waals surface area contributed by atoms with Crippen LogP contribution in [0, 0.1) is 0 Å². The monoisotopic (exact) mass is 353 g/mol. The first-order valence-electron chi connectivity index (χ1n) is 8.71. The van der Waals surface area contributed by atoms with Crippen molar-refractivity contribution < 1.29 is 9.59 Å². The summed E-state index contributed by atoms with van der Waals surface area (Å²) in [6.07, 6.45) is 0. The molecule has 0 aliphatic rings. The van der Waals surface area contributed by atoms with Crippen LogP contribution in [-0.2, 0) is 10.2 Å². The zero-order valence-electron chi connectivity index (χ0n) is 16.0. The normalized spacial score (nSPS) is 12.2. The van der Waals surface area contributed by atoms with Gasteiger partial charge in [-0.25, -0.2) is 4.79 Å². The van der Waals surface area contributed by atoms with Crippen LogP contribution in [0.25, 0.3) is 0 Å². The van der Waals surface area contributed by atoms with Crippen LogP contribution in [0.4, 0.5) is 16.2 Å². The molecule has 1 atom stereocenters. The highest BCUT2D eigenvalue weighted by atomic mass is 16.2. The Morgan fingerprint density at radius 2 is 1.58 bits per heavy atom. The first kappa shape index (κ1) is 19.5. The number of benzene rings is 2. The Labute approximate surface area is 155 Å². The molecule has 5 nitrogen and oxygen atoms in total. The van der Waals surface area contributed by atoms with Crippen molar-refractivity contribution in [1.82, 2.24) is 5.32 Å². The Bertz CT molecular complexity index is 777. The number of hydrogen-bond acceptors (Lipinski definition) is 2. The lowest BCUT2D eigenvalue weighted by atomic mass is 9.87. The van der Waals surface area contributed by atoms with Gasteiger partial charge in [-0.2, -0.15) is 0 Å². The van der Waals surface area contributed by atoms with Crippen molar-refractivity contribution in [2.75, 3.05) is 10.6 Å². The van der Waals surface area contributed by atoms with Gasteiger partial charge < -0.3 is 16.0 Å². The summed E-state index contributed by atoms with van der Waals surface area (Å²) in [5.74, 6) is -0.126. The summed E-state index contributed by atoms with van der Waals surface area (Å²) in [4.78, 5) is 23.4. The van der Waals surface area contributed by atoms with Gasteiger partial charge in [0.25, 0.3) is 0 Å². The van der Waals surface area contributed by atoms with Crippen molar-refractivity contribution in [3.8, 4) is 0 Å². The van der Waals surface area contributed by atoms with E-state index in [0.29, 0.717) is 5.69 Å². The molecule has 3 amide bonds. The third kappa shape index (κ3) is 5.62. The van der Waals surface area contributed by atoms with Gasteiger partial charge in [-0.05, 0) is 47.7 Å². The van der Waals surface area contributed by atoms with Gasteiger partial charge in [0.2, 0.25) is 5.91 Å². The van der Waals surface area contributed by atoms with Crippen LogP contribution in [0.2, 0.25) is 0 Å². The second kappa shape index (κ2) is 8.04. The minimum absolute atomic E-state index is 0.0776. The molecule has 0 spiro atoms. The smallest absolute Gasteiger partial charge is 0.319 e. The first-order chi connectivity index (χ1) is 12.1. The Morgan fingerprint density at radius 3 is 2.15 bits per heavy atom.